The van der Waals surface area contributed by atoms with E-state index in [9.17, 15) is 13.6 Å². The van der Waals surface area contributed by atoms with E-state index >= 15 is 0 Å². The highest BCUT2D eigenvalue weighted by Gasteiger charge is 2.28. The summed E-state index contributed by atoms with van der Waals surface area (Å²) in [5, 5.41) is 10.0. The van der Waals surface area contributed by atoms with Gasteiger partial charge in [0.1, 0.15) is 29.0 Å². The number of nitrogens with two attached hydrogens (primary N) is 1. The minimum absolute atomic E-state index is 0.0677. The van der Waals surface area contributed by atoms with Crippen LogP contribution < -0.4 is 15.8 Å². The Hall–Kier alpha value is -3.85. The monoisotopic (exact) mass is 440 g/mol. The summed E-state index contributed by atoms with van der Waals surface area (Å²) >= 11 is 0. The maximum Gasteiger partial charge on any atom is 0.254 e. The van der Waals surface area contributed by atoms with Gasteiger partial charge in [0, 0.05) is 37.0 Å². The van der Waals surface area contributed by atoms with Crippen molar-refractivity contribution < 1.29 is 23.0 Å². The number of benzene rings is 2. The molecule has 0 aliphatic heterocycles. The van der Waals surface area contributed by atoms with Crippen LogP contribution in [-0.2, 0) is 16.1 Å². The first-order chi connectivity index (χ1) is 15.4. The largest absolute Gasteiger partial charge is 0.456 e. The van der Waals surface area contributed by atoms with Crippen LogP contribution in [0.5, 0.6) is 11.5 Å². The molecule has 0 aliphatic carbocycles. The third kappa shape index (κ3) is 5.64. The van der Waals surface area contributed by atoms with Gasteiger partial charge in [-0.15, -0.1) is 0 Å². The molecule has 166 valence electrons. The average Bonchev–Trinajstić information content (AvgIpc) is 2.77. The molecule has 0 radical (unpaired) electrons. The molecule has 3 aromatic rings. The van der Waals surface area contributed by atoms with Crippen LogP contribution in [0, 0.1) is 17.0 Å². The minimum atomic E-state index is -1.48. The molecule has 0 bridgehead atoms. The van der Waals surface area contributed by atoms with Crippen molar-refractivity contribution in [1.82, 2.24) is 10.3 Å². The molecule has 0 saturated heterocycles. The predicted molar refractivity (Wildman–Crippen MR) is 114 cm³/mol. The highest BCUT2D eigenvalue weighted by Crippen LogP contribution is 2.30. The lowest BCUT2D eigenvalue weighted by molar-refractivity contribution is -0.133. The highest BCUT2D eigenvalue weighted by atomic mass is 19.1. The summed E-state index contributed by atoms with van der Waals surface area (Å²) in [5.74, 6) is -2.46. The Kier molecular flexibility index (Phi) is 7.45. The van der Waals surface area contributed by atoms with E-state index < -0.39 is 29.2 Å². The van der Waals surface area contributed by atoms with Crippen LogP contribution in [0.25, 0.3) is 0 Å². The van der Waals surface area contributed by atoms with Gasteiger partial charge < -0.3 is 20.5 Å². The van der Waals surface area contributed by atoms with Gasteiger partial charge in [0.25, 0.3) is 5.91 Å². The summed E-state index contributed by atoms with van der Waals surface area (Å²) in [7, 11) is 0. The Morgan fingerprint density at radius 3 is 2.41 bits per heavy atom. The standard InChI is InChI=1S/C23H22F2N4O3/c1-2-31-21(23(30)29-12-14-5-7-15(8-6-14)22(26)27)20-18(24)10-17(11-19(20)25)32-16-4-3-9-28-13-16/h3-11,13,21H,2,12H2,1H3,(H3,26,27)(H,29,30)/t21-/m0/s1. The van der Waals surface area contributed by atoms with Gasteiger partial charge in [-0.25, -0.2) is 8.78 Å². The van der Waals surface area contributed by atoms with Crippen molar-refractivity contribution in [3.05, 3.63) is 89.2 Å². The summed E-state index contributed by atoms with van der Waals surface area (Å²) in [6.07, 6.45) is 1.47. The minimum Gasteiger partial charge on any atom is -0.456 e. The van der Waals surface area contributed by atoms with E-state index in [1.807, 2.05) is 0 Å². The van der Waals surface area contributed by atoms with Gasteiger partial charge in [-0.3, -0.25) is 15.2 Å². The first-order valence-corrected chi connectivity index (χ1v) is 9.78. The second kappa shape index (κ2) is 10.5. The van der Waals surface area contributed by atoms with E-state index in [1.165, 1.54) is 6.20 Å². The van der Waals surface area contributed by atoms with Crippen molar-refractivity contribution >= 4 is 11.7 Å². The number of nitrogens with one attached hydrogen (secondary N) is 2. The number of nitrogen functional groups attached to an aromatic ring is 1. The van der Waals surface area contributed by atoms with Crippen LogP contribution >= 0.6 is 0 Å². The zero-order valence-electron chi connectivity index (χ0n) is 17.3. The molecule has 0 spiro atoms. The molecule has 9 heteroatoms. The Balaban J connectivity index is 1.76. The van der Waals surface area contributed by atoms with Crippen LogP contribution in [0.1, 0.15) is 29.7 Å². The zero-order valence-corrected chi connectivity index (χ0v) is 17.3. The molecule has 32 heavy (non-hydrogen) atoms. The fourth-order valence-electron chi connectivity index (χ4n) is 2.95. The van der Waals surface area contributed by atoms with Gasteiger partial charge in [-0.05, 0) is 24.6 Å². The highest BCUT2D eigenvalue weighted by molar-refractivity contribution is 5.94. The average molecular weight is 440 g/mol. The summed E-state index contributed by atoms with van der Waals surface area (Å²) in [4.78, 5) is 16.6. The molecule has 4 N–H and O–H groups in total. The Labute approximate surface area is 183 Å². The fraction of sp³-hybridized carbons (Fsp3) is 0.174. The van der Waals surface area contributed by atoms with E-state index in [4.69, 9.17) is 20.6 Å². The molecule has 2 aromatic carbocycles. The van der Waals surface area contributed by atoms with Gasteiger partial charge in [0.2, 0.25) is 0 Å². The maximum atomic E-state index is 14.8. The molecule has 1 amide bonds. The van der Waals surface area contributed by atoms with E-state index in [1.54, 1.807) is 49.5 Å². The third-order valence-corrected chi connectivity index (χ3v) is 4.49. The molecule has 1 heterocycles. The third-order valence-electron chi connectivity index (χ3n) is 4.49. The van der Waals surface area contributed by atoms with E-state index in [-0.39, 0.29) is 24.7 Å². The number of halogens is 2. The number of pyridine rings is 1. The number of hydrogen-bond donors (Lipinski definition) is 3. The topological polar surface area (TPSA) is 110 Å². The van der Waals surface area contributed by atoms with Gasteiger partial charge in [0.05, 0.1) is 11.8 Å². The Morgan fingerprint density at radius 1 is 1.16 bits per heavy atom. The first-order valence-electron chi connectivity index (χ1n) is 9.78. The number of amides is 1. The summed E-state index contributed by atoms with van der Waals surface area (Å²) in [6.45, 7) is 1.79. The summed E-state index contributed by atoms with van der Waals surface area (Å²) in [6, 6.07) is 11.9. The lowest BCUT2D eigenvalue weighted by Crippen LogP contribution is -2.31. The number of aromatic nitrogens is 1. The molecule has 0 aliphatic rings. The van der Waals surface area contributed by atoms with Crippen LogP contribution in [0.3, 0.4) is 0 Å². The normalized spacial score (nSPS) is 11.6. The van der Waals surface area contributed by atoms with Crippen molar-refractivity contribution in [1.29, 1.82) is 5.41 Å². The SMILES string of the molecule is CCO[C@H](C(=O)NCc1ccc(C(=N)N)cc1)c1c(F)cc(Oc2cccnc2)cc1F. The molecule has 3 rings (SSSR count). The lowest BCUT2D eigenvalue weighted by Gasteiger charge is -2.19. The maximum absolute atomic E-state index is 14.8. The zero-order chi connectivity index (χ0) is 23.1. The number of amidine groups is 1. The summed E-state index contributed by atoms with van der Waals surface area (Å²) < 4.78 is 40.4. The van der Waals surface area contributed by atoms with Gasteiger partial charge >= 0.3 is 0 Å². The molecular formula is C23H22F2N4O3. The van der Waals surface area contributed by atoms with Crippen LogP contribution in [0.4, 0.5) is 8.78 Å². The second-order valence-corrected chi connectivity index (χ2v) is 6.76. The number of carbonyl (C=O) groups is 1. The van der Waals surface area contributed by atoms with Crippen LogP contribution in [0.15, 0.2) is 60.9 Å². The Bertz CT molecular complexity index is 1070. The first kappa shape index (κ1) is 22.8. The van der Waals surface area contributed by atoms with Crippen molar-refractivity contribution in [2.24, 2.45) is 5.73 Å². The molecule has 0 fully saturated rings. The van der Waals surface area contributed by atoms with Crippen molar-refractivity contribution in [2.45, 2.75) is 19.6 Å². The molecule has 7 nitrogen and oxygen atoms in total. The predicted octanol–water partition coefficient (Wildman–Crippen LogP) is 3.83. The number of nitrogens with zero attached hydrogens (tertiary/aromatic N) is 1. The van der Waals surface area contributed by atoms with Crippen molar-refractivity contribution in [3.63, 3.8) is 0 Å². The van der Waals surface area contributed by atoms with Crippen LogP contribution in [0.2, 0.25) is 0 Å². The number of ether oxygens (including phenoxy) is 2. The molecule has 0 saturated carbocycles. The molecule has 1 atom stereocenters. The number of hydrogen-bond acceptors (Lipinski definition) is 5. The quantitative estimate of drug-likeness (QED) is 0.346. The van der Waals surface area contributed by atoms with Crippen molar-refractivity contribution in [3.8, 4) is 11.5 Å². The smallest absolute Gasteiger partial charge is 0.254 e. The molecule has 0 unspecified atom stereocenters. The molecular weight excluding hydrogens is 418 g/mol. The van der Waals surface area contributed by atoms with E-state index in [0.717, 1.165) is 17.7 Å². The van der Waals surface area contributed by atoms with E-state index in [0.29, 0.717) is 11.3 Å². The lowest BCUT2D eigenvalue weighted by atomic mass is 10.1. The summed E-state index contributed by atoms with van der Waals surface area (Å²) in [5.41, 5.74) is 6.18. The van der Waals surface area contributed by atoms with Gasteiger partial charge in [-0.1, -0.05) is 24.3 Å². The molecule has 1 aromatic heterocycles. The Morgan fingerprint density at radius 2 is 1.84 bits per heavy atom. The van der Waals surface area contributed by atoms with Crippen LogP contribution in [-0.4, -0.2) is 23.3 Å². The van der Waals surface area contributed by atoms with Gasteiger partial charge in [0.15, 0.2) is 6.10 Å². The second-order valence-electron chi connectivity index (χ2n) is 6.76. The number of rotatable bonds is 9. The van der Waals surface area contributed by atoms with Gasteiger partial charge in [-0.2, -0.15) is 0 Å². The van der Waals surface area contributed by atoms with Crippen molar-refractivity contribution in [2.75, 3.05) is 6.61 Å². The van der Waals surface area contributed by atoms with E-state index in [2.05, 4.69) is 10.3 Å². The number of carbonyl (C=O) groups excluding carboxylic acids is 1. The fourth-order valence-corrected chi connectivity index (χ4v) is 2.95.